The van der Waals surface area contributed by atoms with E-state index in [4.69, 9.17) is 0 Å². The molecule has 0 saturated carbocycles. The van der Waals surface area contributed by atoms with Gasteiger partial charge < -0.3 is 5.32 Å². The lowest BCUT2D eigenvalue weighted by atomic mass is 10.1. The van der Waals surface area contributed by atoms with Crippen molar-refractivity contribution in [2.45, 2.75) is 20.0 Å². The molecule has 94 valence electrons. The Morgan fingerprint density at radius 3 is 2.44 bits per heavy atom. The van der Waals surface area contributed by atoms with Crippen molar-refractivity contribution in [2.24, 2.45) is 0 Å². The van der Waals surface area contributed by atoms with Gasteiger partial charge in [-0.2, -0.15) is 0 Å². The number of nitrogens with zero attached hydrogens (tertiary/aromatic N) is 2. The van der Waals surface area contributed by atoms with Crippen molar-refractivity contribution in [3.05, 3.63) is 63.8 Å². The molecule has 0 radical (unpaired) electrons. The lowest BCUT2D eigenvalue weighted by Crippen LogP contribution is -2.22. The molecule has 2 rings (SSSR count). The van der Waals surface area contributed by atoms with E-state index in [0.29, 0.717) is 6.54 Å². The lowest BCUT2D eigenvalue weighted by molar-refractivity contribution is 0.699. The van der Waals surface area contributed by atoms with Gasteiger partial charge in [0.15, 0.2) is 0 Å². The van der Waals surface area contributed by atoms with E-state index >= 15 is 0 Å². The first-order chi connectivity index (χ1) is 8.70. The molecule has 0 bridgehead atoms. The molecule has 18 heavy (non-hydrogen) atoms. The minimum Gasteiger partial charge on any atom is -0.316 e. The van der Waals surface area contributed by atoms with Gasteiger partial charge in [0.1, 0.15) is 5.82 Å². The SMILES string of the molecule is CNCc1ccc(Cn2c(C)nccc2=O)cc1. The molecular formula is C14H17N3O. The maximum absolute atomic E-state index is 11.7. The molecule has 0 aliphatic rings. The normalized spacial score (nSPS) is 10.6. The summed E-state index contributed by atoms with van der Waals surface area (Å²) < 4.78 is 1.67. The quantitative estimate of drug-likeness (QED) is 0.881. The van der Waals surface area contributed by atoms with E-state index in [-0.39, 0.29) is 5.56 Å². The predicted molar refractivity (Wildman–Crippen MR) is 71.5 cm³/mol. The van der Waals surface area contributed by atoms with Gasteiger partial charge in [0, 0.05) is 18.8 Å². The molecule has 0 aliphatic carbocycles. The summed E-state index contributed by atoms with van der Waals surface area (Å²) in [5, 5.41) is 3.11. The maximum Gasteiger partial charge on any atom is 0.253 e. The minimum absolute atomic E-state index is 0.0122. The Balaban J connectivity index is 2.21. The minimum atomic E-state index is -0.0122. The Morgan fingerprint density at radius 2 is 1.83 bits per heavy atom. The van der Waals surface area contributed by atoms with Crippen LogP contribution in [0.4, 0.5) is 0 Å². The Labute approximate surface area is 106 Å². The summed E-state index contributed by atoms with van der Waals surface area (Å²) >= 11 is 0. The Bertz CT molecular complexity index is 572. The van der Waals surface area contributed by atoms with Crippen LogP contribution in [0.5, 0.6) is 0 Å². The van der Waals surface area contributed by atoms with Crippen molar-refractivity contribution in [3.8, 4) is 0 Å². The average molecular weight is 243 g/mol. The van der Waals surface area contributed by atoms with Crippen LogP contribution in [-0.4, -0.2) is 16.6 Å². The Morgan fingerprint density at radius 1 is 1.17 bits per heavy atom. The summed E-state index contributed by atoms with van der Waals surface area (Å²) in [5.41, 5.74) is 2.33. The van der Waals surface area contributed by atoms with E-state index in [1.807, 2.05) is 26.1 Å². The number of rotatable bonds is 4. The molecule has 0 fully saturated rings. The fraction of sp³-hybridized carbons (Fsp3) is 0.286. The van der Waals surface area contributed by atoms with Crippen molar-refractivity contribution in [3.63, 3.8) is 0 Å². The van der Waals surface area contributed by atoms with Crippen LogP contribution in [0.25, 0.3) is 0 Å². The van der Waals surface area contributed by atoms with E-state index in [9.17, 15) is 4.79 Å². The van der Waals surface area contributed by atoms with Gasteiger partial charge in [-0.15, -0.1) is 0 Å². The predicted octanol–water partition coefficient (Wildman–Crippen LogP) is 1.32. The molecule has 0 amide bonds. The molecule has 0 spiro atoms. The van der Waals surface area contributed by atoms with Crippen LogP contribution in [0.15, 0.2) is 41.3 Å². The first-order valence-electron chi connectivity index (χ1n) is 5.95. The molecule has 1 N–H and O–H groups in total. The smallest absolute Gasteiger partial charge is 0.253 e. The summed E-state index contributed by atoms with van der Waals surface area (Å²) in [6, 6.07) is 9.73. The van der Waals surface area contributed by atoms with Crippen LogP contribution in [0.3, 0.4) is 0 Å². The number of nitrogens with one attached hydrogen (secondary N) is 1. The summed E-state index contributed by atoms with van der Waals surface area (Å²) in [4.78, 5) is 15.9. The fourth-order valence-corrected chi connectivity index (χ4v) is 1.87. The second-order valence-corrected chi connectivity index (χ2v) is 4.26. The zero-order valence-corrected chi connectivity index (χ0v) is 10.7. The number of aryl methyl sites for hydroxylation is 1. The van der Waals surface area contributed by atoms with Crippen LogP contribution < -0.4 is 10.9 Å². The highest BCUT2D eigenvalue weighted by atomic mass is 16.1. The average Bonchev–Trinajstić information content (AvgIpc) is 2.36. The van der Waals surface area contributed by atoms with Gasteiger partial charge in [0.25, 0.3) is 5.56 Å². The summed E-state index contributed by atoms with van der Waals surface area (Å²) in [6.07, 6.45) is 1.55. The number of hydrogen-bond donors (Lipinski definition) is 1. The van der Waals surface area contributed by atoms with Crippen molar-refractivity contribution in [2.75, 3.05) is 7.05 Å². The van der Waals surface area contributed by atoms with Crippen molar-refractivity contribution < 1.29 is 0 Å². The molecule has 0 atom stereocenters. The number of benzene rings is 1. The summed E-state index contributed by atoms with van der Waals surface area (Å²) in [7, 11) is 1.92. The third kappa shape index (κ3) is 2.84. The van der Waals surface area contributed by atoms with E-state index < -0.39 is 0 Å². The first-order valence-corrected chi connectivity index (χ1v) is 5.95. The third-order valence-corrected chi connectivity index (χ3v) is 2.88. The second-order valence-electron chi connectivity index (χ2n) is 4.26. The maximum atomic E-state index is 11.7. The molecule has 1 heterocycles. The van der Waals surface area contributed by atoms with Crippen LogP contribution in [-0.2, 0) is 13.1 Å². The fourth-order valence-electron chi connectivity index (χ4n) is 1.87. The summed E-state index contributed by atoms with van der Waals surface area (Å²) in [5.74, 6) is 0.738. The summed E-state index contributed by atoms with van der Waals surface area (Å²) in [6.45, 7) is 3.27. The van der Waals surface area contributed by atoms with E-state index in [1.54, 1.807) is 10.8 Å². The molecular weight excluding hydrogens is 226 g/mol. The van der Waals surface area contributed by atoms with Gasteiger partial charge in [0.05, 0.1) is 6.54 Å². The van der Waals surface area contributed by atoms with Crippen molar-refractivity contribution >= 4 is 0 Å². The monoisotopic (exact) mass is 243 g/mol. The Kier molecular flexibility index (Phi) is 3.89. The number of hydrogen-bond acceptors (Lipinski definition) is 3. The van der Waals surface area contributed by atoms with E-state index in [0.717, 1.165) is 17.9 Å². The van der Waals surface area contributed by atoms with Crippen LogP contribution in [0.2, 0.25) is 0 Å². The molecule has 1 aromatic heterocycles. The molecule has 4 nitrogen and oxygen atoms in total. The highest BCUT2D eigenvalue weighted by molar-refractivity contribution is 5.23. The highest BCUT2D eigenvalue weighted by Crippen LogP contribution is 2.06. The van der Waals surface area contributed by atoms with Gasteiger partial charge in [-0.05, 0) is 25.1 Å². The lowest BCUT2D eigenvalue weighted by Gasteiger charge is -2.09. The second kappa shape index (κ2) is 5.60. The Hall–Kier alpha value is -1.94. The zero-order valence-electron chi connectivity index (χ0n) is 10.7. The van der Waals surface area contributed by atoms with Gasteiger partial charge in [0.2, 0.25) is 0 Å². The third-order valence-electron chi connectivity index (χ3n) is 2.88. The van der Waals surface area contributed by atoms with Gasteiger partial charge in [-0.1, -0.05) is 24.3 Å². The van der Waals surface area contributed by atoms with Crippen molar-refractivity contribution in [1.29, 1.82) is 0 Å². The first kappa shape index (κ1) is 12.5. The van der Waals surface area contributed by atoms with Crippen molar-refractivity contribution in [1.82, 2.24) is 14.9 Å². The molecule has 4 heteroatoms. The van der Waals surface area contributed by atoms with Crippen LogP contribution >= 0.6 is 0 Å². The number of aromatic nitrogens is 2. The standard InChI is InChI=1S/C14H17N3O/c1-11-16-8-7-14(18)17(11)10-13-5-3-12(4-6-13)9-15-2/h3-8,15H,9-10H2,1-2H3. The largest absolute Gasteiger partial charge is 0.316 e. The zero-order chi connectivity index (χ0) is 13.0. The highest BCUT2D eigenvalue weighted by Gasteiger charge is 2.01. The van der Waals surface area contributed by atoms with Gasteiger partial charge >= 0.3 is 0 Å². The van der Waals surface area contributed by atoms with Crippen LogP contribution in [0.1, 0.15) is 17.0 Å². The molecule has 2 aromatic rings. The van der Waals surface area contributed by atoms with Crippen LogP contribution in [0, 0.1) is 6.92 Å². The molecule has 0 unspecified atom stereocenters. The van der Waals surface area contributed by atoms with E-state index in [1.165, 1.54) is 11.6 Å². The topological polar surface area (TPSA) is 46.9 Å². The van der Waals surface area contributed by atoms with Gasteiger partial charge in [-0.25, -0.2) is 4.98 Å². The molecule has 0 aliphatic heterocycles. The molecule has 1 aromatic carbocycles. The molecule has 0 saturated heterocycles. The van der Waals surface area contributed by atoms with Gasteiger partial charge in [-0.3, -0.25) is 9.36 Å². The van der Waals surface area contributed by atoms with E-state index in [2.05, 4.69) is 22.4 Å².